The van der Waals surface area contributed by atoms with Crippen LogP contribution in [-0.4, -0.2) is 49.2 Å². The first-order valence-electron chi connectivity index (χ1n) is 6.89. The molecule has 0 aromatic heterocycles. The largest absolute Gasteiger partial charge is 0.497 e. The zero-order valence-electron chi connectivity index (χ0n) is 12.0. The van der Waals surface area contributed by atoms with E-state index in [0.29, 0.717) is 18.3 Å². The summed E-state index contributed by atoms with van der Waals surface area (Å²) < 4.78 is 5.11. The number of nitrogens with zero attached hydrogens (tertiary/aromatic N) is 1. The number of amides is 1. The van der Waals surface area contributed by atoms with Crippen molar-refractivity contribution in [2.24, 2.45) is 0 Å². The van der Waals surface area contributed by atoms with E-state index >= 15 is 0 Å². The lowest BCUT2D eigenvalue weighted by Gasteiger charge is -2.17. The maximum Gasteiger partial charge on any atom is 0.234 e. The number of likely N-dealkylation sites (N-methyl/N-ethyl adjacent to an activating group) is 1. The first-order valence-corrected chi connectivity index (χ1v) is 6.89. The van der Waals surface area contributed by atoms with Crippen LogP contribution in [0.15, 0.2) is 24.3 Å². The number of carbonyl (C=O) groups excluding carboxylic acids is 1. The highest BCUT2D eigenvalue weighted by Gasteiger charge is 2.27. The Bertz CT molecular complexity index is 460. The SMILES string of the molecule is COc1cccc(C(O)CNC(=O)CN(C)C2CC2)c1. The maximum absolute atomic E-state index is 11.8. The number of aliphatic hydroxyl groups is 1. The van der Waals surface area contributed by atoms with Crippen molar-refractivity contribution < 1.29 is 14.6 Å². The topological polar surface area (TPSA) is 61.8 Å². The molecule has 1 amide bonds. The Morgan fingerprint density at radius 1 is 1.55 bits per heavy atom. The third-order valence-corrected chi connectivity index (χ3v) is 3.53. The van der Waals surface area contributed by atoms with E-state index in [4.69, 9.17) is 4.74 Å². The fourth-order valence-corrected chi connectivity index (χ4v) is 2.10. The predicted molar refractivity (Wildman–Crippen MR) is 76.6 cm³/mol. The normalized spacial score (nSPS) is 16.0. The van der Waals surface area contributed by atoms with Crippen LogP contribution < -0.4 is 10.1 Å². The molecule has 0 saturated heterocycles. The second-order valence-corrected chi connectivity index (χ2v) is 5.24. The highest BCUT2D eigenvalue weighted by molar-refractivity contribution is 5.78. The molecule has 110 valence electrons. The molecule has 1 atom stereocenters. The molecule has 1 aromatic carbocycles. The summed E-state index contributed by atoms with van der Waals surface area (Å²) in [6, 6.07) is 7.78. The summed E-state index contributed by atoms with van der Waals surface area (Å²) >= 11 is 0. The summed E-state index contributed by atoms with van der Waals surface area (Å²) in [5.41, 5.74) is 0.736. The lowest BCUT2D eigenvalue weighted by molar-refractivity contribution is -0.122. The third-order valence-electron chi connectivity index (χ3n) is 3.53. The van der Waals surface area contributed by atoms with Crippen molar-refractivity contribution in [2.75, 3.05) is 27.2 Å². The van der Waals surface area contributed by atoms with Gasteiger partial charge < -0.3 is 15.2 Å². The van der Waals surface area contributed by atoms with Gasteiger partial charge in [0.15, 0.2) is 0 Å². The fraction of sp³-hybridized carbons (Fsp3) is 0.533. The Balaban J connectivity index is 1.78. The smallest absolute Gasteiger partial charge is 0.234 e. The van der Waals surface area contributed by atoms with Gasteiger partial charge in [0.05, 0.1) is 19.8 Å². The van der Waals surface area contributed by atoms with Crippen molar-refractivity contribution in [3.8, 4) is 5.75 Å². The van der Waals surface area contributed by atoms with E-state index in [9.17, 15) is 9.90 Å². The molecule has 1 saturated carbocycles. The van der Waals surface area contributed by atoms with Gasteiger partial charge in [-0.05, 0) is 37.6 Å². The van der Waals surface area contributed by atoms with Crippen LogP contribution in [0.3, 0.4) is 0 Å². The van der Waals surface area contributed by atoms with E-state index in [2.05, 4.69) is 5.32 Å². The Morgan fingerprint density at radius 2 is 2.30 bits per heavy atom. The highest BCUT2D eigenvalue weighted by atomic mass is 16.5. The lowest BCUT2D eigenvalue weighted by Crippen LogP contribution is -2.37. The van der Waals surface area contributed by atoms with Gasteiger partial charge in [0, 0.05) is 12.6 Å². The molecule has 2 rings (SSSR count). The van der Waals surface area contributed by atoms with Crippen LogP contribution in [0.4, 0.5) is 0 Å². The van der Waals surface area contributed by atoms with Gasteiger partial charge in [-0.3, -0.25) is 9.69 Å². The molecule has 0 bridgehead atoms. The van der Waals surface area contributed by atoms with E-state index in [-0.39, 0.29) is 12.5 Å². The van der Waals surface area contributed by atoms with Gasteiger partial charge in [0.1, 0.15) is 5.75 Å². The molecular formula is C15H22N2O3. The predicted octanol–water partition coefficient (Wildman–Crippen LogP) is 0.939. The minimum atomic E-state index is -0.722. The average molecular weight is 278 g/mol. The molecule has 1 unspecified atom stereocenters. The molecule has 2 N–H and O–H groups in total. The van der Waals surface area contributed by atoms with Crippen LogP contribution in [0, 0.1) is 0 Å². The molecule has 0 spiro atoms. The van der Waals surface area contributed by atoms with E-state index in [1.165, 1.54) is 12.8 Å². The van der Waals surface area contributed by atoms with Gasteiger partial charge in [-0.1, -0.05) is 12.1 Å². The lowest BCUT2D eigenvalue weighted by atomic mass is 10.1. The molecule has 20 heavy (non-hydrogen) atoms. The van der Waals surface area contributed by atoms with Crippen molar-refractivity contribution in [3.63, 3.8) is 0 Å². The summed E-state index contributed by atoms with van der Waals surface area (Å²) in [6.07, 6.45) is 1.63. The number of carbonyl (C=O) groups is 1. The van der Waals surface area contributed by atoms with Crippen molar-refractivity contribution in [1.29, 1.82) is 0 Å². The third kappa shape index (κ3) is 4.21. The highest BCUT2D eigenvalue weighted by Crippen LogP contribution is 2.24. The standard InChI is InChI=1S/C15H22N2O3/c1-17(12-6-7-12)10-15(19)16-9-14(18)11-4-3-5-13(8-11)20-2/h3-5,8,12,14,18H,6-7,9-10H2,1-2H3,(H,16,19). The van der Waals surface area contributed by atoms with Gasteiger partial charge in [-0.25, -0.2) is 0 Å². The monoisotopic (exact) mass is 278 g/mol. The van der Waals surface area contributed by atoms with Gasteiger partial charge in [-0.15, -0.1) is 0 Å². The van der Waals surface area contributed by atoms with Gasteiger partial charge in [0.2, 0.25) is 5.91 Å². The molecule has 0 aliphatic heterocycles. The molecule has 1 fully saturated rings. The zero-order valence-corrected chi connectivity index (χ0v) is 12.0. The van der Waals surface area contributed by atoms with Crippen LogP contribution in [0.5, 0.6) is 5.75 Å². The first kappa shape index (κ1) is 14.8. The quantitative estimate of drug-likeness (QED) is 0.779. The van der Waals surface area contributed by atoms with Crippen LogP contribution in [0.2, 0.25) is 0 Å². The van der Waals surface area contributed by atoms with Crippen LogP contribution in [-0.2, 0) is 4.79 Å². The summed E-state index contributed by atoms with van der Waals surface area (Å²) in [7, 11) is 3.54. The first-order chi connectivity index (χ1) is 9.60. The Morgan fingerprint density at radius 3 is 2.95 bits per heavy atom. The van der Waals surface area contributed by atoms with Crippen LogP contribution >= 0.6 is 0 Å². The summed E-state index contributed by atoms with van der Waals surface area (Å²) in [4.78, 5) is 13.8. The minimum Gasteiger partial charge on any atom is -0.497 e. The summed E-state index contributed by atoms with van der Waals surface area (Å²) in [5.74, 6) is 0.641. The van der Waals surface area contributed by atoms with Crippen molar-refractivity contribution >= 4 is 5.91 Å². The number of methoxy groups -OCH3 is 1. The number of hydrogen-bond donors (Lipinski definition) is 2. The summed E-state index contributed by atoms with van der Waals surface area (Å²) in [6.45, 7) is 0.597. The van der Waals surface area contributed by atoms with Crippen molar-refractivity contribution in [1.82, 2.24) is 10.2 Å². The Kier molecular flexibility index (Phi) is 4.98. The second-order valence-electron chi connectivity index (χ2n) is 5.24. The summed E-state index contributed by atoms with van der Waals surface area (Å²) in [5, 5.41) is 12.8. The van der Waals surface area contributed by atoms with Crippen molar-refractivity contribution in [2.45, 2.75) is 25.0 Å². The van der Waals surface area contributed by atoms with Crippen LogP contribution in [0.1, 0.15) is 24.5 Å². The molecule has 1 aliphatic carbocycles. The molecule has 1 aromatic rings. The number of hydrogen-bond acceptors (Lipinski definition) is 4. The number of aliphatic hydroxyl groups excluding tert-OH is 1. The fourth-order valence-electron chi connectivity index (χ4n) is 2.10. The average Bonchev–Trinajstić information content (AvgIpc) is 3.29. The number of nitrogens with one attached hydrogen (secondary N) is 1. The molecule has 5 heteroatoms. The second kappa shape index (κ2) is 6.72. The molecule has 5 nitrogen and oxygen atoms in total. The molecular weight excluding hydrogens is 256 g/mol. The Labute approximate surface area is 119 Å². The minimum absolute atomic E-state index is 0.0543. The van der Waals surface area contributed by atoms with Crippen LogP contribution in [0.25, 0.3) is 0 Å². The van der Waals surface area contributed by atoms with Gasteiger partial charge in [-0.2, -0.15) is 0 Å². The molecule has 0 heterocycles. The number of ether oxygens (including phenoxy) is 1. The Hall–Kier alpha value is -1.59. The van der Waals surface area contributed by atoms with Gasteiger partial charge >= 0.3 is 0 Å². The van der Waals surface area contributed by atoms with E-state index < -0.39 is 6.10 Å². The maximum atomic E-state index is 11.8. The number of benzene rings is 1. The van der Waals surface area contributed by atoms with E-state index in [1.54, 1.807) is 13.2 Å². The van der Waals surface area contributed by atoms with E-state index in [0.717, 1.165) is 5.56 Å². The van der Waals surface area contributed by atoms with Gasteiger partial charge in [0.25, 0.3) is 0 Å². The van der Waals surface area contributed by atoms with Crippen molar-refractivity contribution in [3.05, 3.63) is 29.8 Å². The van der Waals surface area contributed by atoms with E-state index in [1.807, 2.05) is 30.1 Å². The molecule has 0 radical (unpaired) electrons. The zero-order chi connectivity index (χ0) is 14.5. The molecule has 1 aliphatic rings. The number of rotatable bonds is 7.